The van der Waals surface area contributed by atoms with Crippen molar-refractivity contribution < 1.29 is 23.8 Å². The summed E-state index contributed by atoms with van der Waals surface area (Å²) in [6, 6.07) is 24.2. The largest absolute Gasteiger partial charge is 0.438 e. The average molecular weight is 665 g/mol. The Balaban J connectivity index is 1.02. The molecule has 49 heavy (non-hydrogen) atoms. The van der Waals surface area contributed by atoms with E-state index < -0.39 is 11.7 Å². The number of benzene rings is 2. The van der Waals surface area contributed by atoms with Crippen LogP contribution in [0, 0.1) is 5.82 Å². The van der Waals surface area contributed by atoms with Crippen molar-refractivity contribution >= 4 is 17.3 Å². The van der Waals surface area contributed by atoms with Crippen molar-refractivity contribution in [1.29, 1.82) is 0 Å². The number of carbonyl (C=O) groups is 2. The van der Waals surface area contributed by atoms with Crippen molar-refractivity contribution in [2.24, 2.45) is 0 Å². The summed E-state index contributed by atoms with van der Waals surface area (Å²) in [6.07, 6.45) is 8.25. The van der Waals surface area contributed by atoms with Crippen LogP contribution >= 0.6 is 0 Å². The highest BCUT2D eigenvalue weighted by molar-refractivity contribution is 5.96. The number of aliphatic hydroxyl groups excluding tert-OH is 1. The van der Waals surface area contributed by atoms with Crippen LogP contribution in [-0.2, 0) is 6.42 Å². The third kappa shape index (κ3) is 9.07. The molecule has 0 aliphatic heterocycles. The number of pyridine rings is 2. The molecule has 1 aliphatic rings. The van der Waals surface area contributed by atoms with E-state index >= 15 is 0 Å². The van der Waals surface area contributed by atoms with E-state index in [4.69, 9.17) is 9.84 Å². The summed E-state index contributed by atoms with van der Waals surface area (Å²) in [5, 5.41) is 22.6. The van der Waals surface area contributed by atoms with Crippen LogP contribution in [-0.4, -0.2) is 63.3 Å². The van der Waals surface area contributed by atoms with Gasteiger partial charge in [0.1, 0.15) is 17.1 Å². The number of aryl methyl sites for hydroxylation is 1. The van der Waals surface area contributed by atoms with Crippen molar-refractivity contribution in [3.8, 4) is 22.8 Å². The third-order valence-corrected chi connectivity index (χ3v) is 8.73. The van der Waals surface area contributed by atoms with E-state index in [9.17, 15) is 14.0 Å². The molecule has 0 radical (unpaired) electrons. The Hall–Kier alpha value is -5.13. The molecule has 0 unspecified atom stereocenters. The molecule has 1 saturated carbocycles. The lowest BCUT2D eigenvalue weighted by atomic mass is 9.91. The Morgan fingerprint density at radius 2 is 1.61 bits per heavy atom. The summed E-state index contributed by atoms with van der Waals surface area (Å²) in [7, 11) is 0. The van der Waals surface area contributed by atoms with Gasteiger partial charge in [-0.05, 0) is 111 Å². The molecule has 5 aromatic rings. The lowest BCUT2D eigenvalue weighted by Gasteiger charge is -2.29. The zero-order valence-electron chi connectivity index (χ0n) is 27.3. The van der Waals surface area contributed by atoms with Crippen LogP contribution in [0.15, 0.2) is 91.3 Å². The number of halogens is 1. The molecule has 1 fully saturated rings. The van der Waals surface area contributed by atoms with Crippen LogP contribution in [0.25, 0.3) is 16.6 Å². The molecule has 0 saturated heterocycles. The fourth-order valence-corrected chi connectivity index (χ4v) is 6.09. The van der Waals surface area contributed by atoms with Crippen molar-refractivity contribution in [2.75, 3.05) is 19.7 Å². The first-order valence-electron chi connectivity index (χ1n) is 16.9. The van der Waals surface area contributed by atoms with E-state index in [-0.39, 0.29) is 36.0 Å². The highest BCUT2D eigenvalue weighted by atomic mass is 19.1. The molecular formula is C38H41FN6O4. The third-order valence-electron chi connectivity index (χ3n) is 8.73. The fourth-order valence-electron chi connectivity index (χ4n) is 6.09. The second-order valence-corrected chi connectivity index (χ2v) is 12.4. The van der Waals surface area contributed by atoms with Crippen molar-refractivity contribution in [1.82, 2.24) is 30.5 Å². The van der Waals surface area contributed by atoms with Crippen LogP contribution in [0.4, 0.5) is 4.39 Å². The van der Waals surface area contributed by atoms with Crippen LogP contribution in [0.1, 0.15) is 64.9 Å². The van der Waals surface area contributed by atoms with Crippen LogP contribution in [0.2, 0.25) is 0 Å². The first-order valence-corrected chi connectivity index (χ1v) is 16.9. The maximum atomic E-state index is 14.3. The Kier molecular flexibility index (Phi) is 11.2. The number of nitrogens with one attached hydrogen (secondary N) is 3. The number of nitrogens with zero attached hydrogens (tertiary/aromatic N) is 3. The van der Waals surface area contributed by atoms with E-state index in [1.54, 1.807) is 22.8 Å². The second kappa shape index (κ2) is 16.3. The van der Waals surface area contributed by atoms with Gasteiger partial charge >= 0.3 is 0 Å². The van der Waals surface area contributed by atoms with Gasteiger partial charge in [-0.2, -0.15) is 5.10 Å². The van der Waals surface area contributed by atoms with Gasteiger partial charge in [-0.25, -0.2) is 13.9 Å². The average Bonchev–Trinajstić information content (AvgIpc) is 3.57. The molecule has 2 aromatic carbocycles. The highest BCUT2D eigenvalue weighted by Gasteiger charge is 2.26. The molecule has 0 bridgehead atoms. The summed E-state index contributed by atoms with van der Waals surface area (Å²) < 4.78 is 22.0. The van der Waals surface area contributed by atoms with Gasteiger partial charge in [0.15, 0.2) is 5.69 Å². The number of aliphatic hydroxyl groups is 1. The van der Waals surface area contributed by atoms with Gasteiger partial charge in [-0.1, -0.05) is 42.5 Å². The predicted molar refractivity (Wildman–Crippen MR) is 185 cm³/mol. The van der Waals surface area contributed by atoms with Gasteiger partial charge in [0.25, 0.3) is 11.8 Å². The summed E-state index contributed by atoms with van der Waals surface area (Å²) >= 11 is 0. The van der Waals surface area contributed by atoms with E-state index in [2.05, 4.69) is 50.3 Å². The van der Waals surface area contributed by atoms with Gasteiger partial charge in [-0.3, -0.25) is 9.59 Å². The standard InChI is InChI=1S/C38H41FN6O4/c39-29-23-34(36(47)42-30-14-16-31(17-15-30)43-37(48)35-24-32-8-1-2-20-45(32)44-35)38(41-25-29)49-33-9-3-7-28(22-33)27-12-10-26(11-13-27)6-4-18-40-19-5-21-46/h1-3,7-13,20,22-25,30-31,40,46H,4-6,14-19,21H2,(H,42,47)(H,43,48). The Labute approximate surface area is 284 Å². The quantitative estimate of drug-likeness (QED) is 0.112. The Morgan fingerprint density at radius 3 is 2.37 bits per heavy atom. The van der Waals surface area contributed by atoms with Gasteiger partial charge in [0.05, 0.1) is 11.7 Å². The minimum absolute atomic E-state index is 0.0166. The number of fused-ring (bicyclic) bond motifs is 1. The molecule has 0 atom stereocenters. The molecule has 1 aliphatic carbocycles. The van der Waals surface area contributed by atoms with E-state index in [0.29, 0.717) is 37.1 Å². The van der Waals surface area contributed by atoms with Crippen molar-refractivity contribution in [3.63, 3.8) is 0 Å². The molecule has 10 nitrogen and oxygen atoms in total. The van der Waals surface area contributed by atoms with Crippen molar-refractivity contribution in [2.45, 2.75) is 57.0 Å². The van der Waals surface area contributed by atoms with Crippen molar-refractivity contribution in [3.05, 3.63) is 114 Å². The first kappa shape index (κ1) is 33.8. The minimum Gasteiger partial charge on any atom is -0.438 e. The van der Waals surface area contributed by atoms with Crippen LogP contribution in [0.3, 0.4) is 0 Å². The number of ether oxygens (including phenoxy) is 1. The molecule has 6 rings (SSSR count). The number of carbonyl (C=O) groups excluding carboxylic acids is 2. The number of aromatic nitrogens is 3. The lowest BCUT2D eigenvalue weighted by molar-refractivity contribution is 0.0887. The van der Waals surface area contributed by atoms with E-state index in [0.717, 1.165) is 61.3 Å². The van der Waals surface area contributed by atoms with Crippen LogP contribution in [0.5, 0.6) is 11.6 Å². The number of hydrogen-bond donors (Lipinski definition) is 4. The zero-order chi connectivity index (χ0) is 34.0. The number of amides is 2. The number of hydrogen-bond acceptors (Lipinski definition) is 7. The van der Waals surface area contributed by atoms with Gasteiger partial charge < -0.3 is 25.8 Å². The number of rotatable bonds is 14. The lowest BCUT2D eigenvalue weighted by Crippen LogP contribution is -2.44. The van der Waals surface area contributed by atoms with E-state index in [1.165, 1.54) is 5.56 Å². The fraction of sp³-hybridized carbons (Fsp3) is 0.316. The summed E-state index contributed by atoms with van der Waals surface area (Å²) in [6.45, 7) is 1.93. The smallest absolute Gasteiger partial charge is 0.272 e. The molecule has 0 spiro atoms. The topological polar surface area (TPSA) is 130 Å². The maximum absolute atomic E-state index is 14.3. The summed E-state index contributed by atoms with van der Waals surface area (Å²) in [5.74, 6) is -0.821. The Morgan fingerprint density at radius 1 is 0.857 bits per heavy atom. The van der Waals surface area contributed by atoms with Gasteiger partial charge in [-0.15, -0.1) is 0 Å². The van der Waals surface area contributed by atoms with Crippen LogP contribution < -0.4 is 20.7 Å². The molecule has 2 amide bonds. The minimum atomic E-state index is -0.634. The predicted octanol–water partition coefficient (Wildman–Crippen LogP) is 5.70. The molecule has 11 heteroatoms. The molecule has 4 N–H and O–H groups in total. The monoisotopic (exact) mass is 664 g/mol. The maximum Gasteiger partial charge on any atom is 0.272 e. The first-order chi connectivity index (χ1) is 23.9. The zero-order valence-corrected chi connectivity index (χ0v) is 27.3. The summed E-state index contributed by atoms with van der Waals surface area (Å²) in [4.78, 5) is 30.3. The normalized spacial score (nSPS) is 16.0. The van der Waals surface area contributed by atoms with E-state index in [1.807, 2.05) is 36.4 Å². The molecular weight excluding hydrogens is 623 g/mol. The molecule has 254 valence electrons. The van der Waals surface area contributed by atoms with Gasteiger partial charge in [0.2, 0.25) is 5.88 Å². The summed E-state index contributed by atoms with van der Waals surface area (Å²) in [5.41, 5.74) is 4.43. The second-order valence-electron chi connectivity index (χ2n) is 12.4. The highest BCUT2D eigenvalue weighted by Crippen LogP contribution is 2.29. The molecule has 3 heterocycles. The molecule has 3 aromatic heterocycles. The SMILES string of the molecule is O=C(NC1CCC(NC(=O)c2cc(F)cnc2Oc2cccc(-c3ccc(CCCNCCCO)cc3)c2)CC1)c1cc2ccccn2n1. The Bertz CT molecular complexity index is 1840. The van der Waals surface area contributed by atoms with Gasteiger partial charge in [0, 0.05) is 24.9 Å².